The molecular formula is C21H23F3N2O. The topological polar surface area (TPSA) is 32.3 Å². The average Bonchev–Trinajstić information content (AvgIpc) is 2.67. The number of alkyl halides is 3. The minimum Gasteiger partial charge on any atom is -0.348 e. The van der Waals surface area contributed by atoms with Crippen LogP contribution in [-0.4, -0.2) is 23.9 Å². The summed E-state index contributed by atoms with van der Waals surface area (Å²) in [5.41, 5.74) is 0.788. The van der Waals surface area contributed by atoms with Crippen LogP contribution in [-0.2, 0) is 19.3 Å². The van der Waals surface area contributed by atoms with Gasteiger partial charge in [0, 0.05) is 13.1 Å². The number of hydrogen-bond acceptors (Lipinski definition) is 2. The van der Waals surface area contributed by atoms with Gasteiger partial charge in [0.25, 0.3) is 5.91 Å². The molecular weight excluding hydrogens is 353 g/mol. The minimum atomic E-state index is -4.55. The molecule has 2 aromatic carbocycles. The molecule has 1 fully saturated rings. The monoisotopic (exact) mass is 376 g/mol. The van der Waals surface area contributed by atoms with Gasteiger partial charge in [0.05, 0.1) is 11.1 Å². The zero-order chi connectivity index (χ0) is 19.3. The van der Waals surface area contributed by atoms with Gasteiger partial charge in [-0.15, -0.1) is 0 Å². The van der Waals surface area contributed by atoms with Gasteiger partial charge in [-0.1, -0.05) is 42.8 Å². The summed E-state index contributed by atoms with van der Waals surface area (Å²) in [7, 11) is 0. The molecule has 3 nitrogen and oxygen atoms in total. The van der Waals surface area contributed by atoms with E-state index in [1.807, 2.05) is 24.3 Å². The van der Waals surface area contributed by atoms with Crippen molar-refractivity contribution in [1.82, 2.24) is 10.2 Å². The molecule has 0 bridgehead atoms. The first kappa shape index (κ1) is 19.4. The number of rotatable bonds is 5. The lowest BCUT2D eigenvalue weighted by Gasteiger charge is -2.26. The number of likely N-dealkylation sites (tertiary alicyclic amines) is 1. The van der Waals surface area contributed by atoms with Gasteiger partial charge in [0.2, 0.25) is 0 Å². The number of amides is 1. The molecule has 1 aliphatic heterocycles. The molecule has 0 spiro atoms. The van der Waals surface area contributed by atoms with Crippen molar-refractivity contribution in [3.05, 3.63) is 70.8 Å². The summed E-state index contributed by atoms with van der Waals surface area (Å²) < 4.78 is 39.1. The van der Waals surface area contributed by atoms with Crippen molar-refractivity contribution >= 4 is 5.91 Å². The third kappa shape index (κ3) is 5.32. The first-order valence-corrected chi connectivity index (χ1v) is 9.18. The Bertz CT molecular complexity index is 766. The Balaban J connectivity index is 1.58. The summed E-state index contributed by atoms with van der Waals surface area (Å²) >= 11 is 0. The van der Waals surface area contributed by atoms with Crippen LogP contribution in [0.15, 0.2) is 48.5 Å². The smallest absolute Gasteiger partial charge is 0.348 e. The Labute approximate surface area is 157 Å². The fourth-order valence-electron chi connectivity index (χ4n) is 3.34. The van der Waals surface area contributed by atoms with Crippen LogP contribution in [0, 0.1) is 0 Å². The molecule has 0 unspecified atom stereocenters. The molecule has 0 saturated carbocycles. The number of nitrogens with zero attached hydrogens (tertiary/aromatic N) is 1. The summed E-state index contributed by atoms with van der Waals surface area (Å²) in [6.45, 7) is 3.34. The predicted molar refractivity (Wildman–Crippen MR) is 98.2 cm³/mol. The maximum Gasteiger partial charge on any atom is 0.417 e. The van der Waals surface area contributed by atoms with Crippen LogP contribution in [0.4, 0.5) is 13.2 Å². The lowest BCUT2D eigenvalue weighted by atomic mass is 10.1. The first-order valence-electron chi connectivity index (χ1n) is 9.18. The van der Waals surface area contributed by atoms with E-state index in [9.17, 15) is 18.0 Å². The van der Waals surface area contributed by atoms with Crippen molar-refractivity contribution in [2.24, 2.45) is 0 Å². The molecule has 27 heavy (non-hydrogen) atoms. The molecule has 1 heterocycles. The molecule has 1 N–H and O–H groups in total. The van der Waals surface area contributed by atoms with Crippen LogP contribution >= 0.6 is 0 Å². The number of nitrogens with one attached hydrogen (secondary N) is 1. The number of hydrogen-bond donors (Lipinski definition) is 1. The second-order valence-corrected chi connectivity index (χ2v) is 6.88. The Morgan fingerprint density at radius 2 is 1.56 bits per heavy atom. The maximum absolute atomic E-state index is 13.0. The van der Waals surface area contributed by atoms with Gasteiger partial charge >= 0.3 is 6.18 Å². The highest BCUT2D eigenvalue weighted by Crippen LogP contribution is 2.31. The number of piperidine rings is 1. The Morgan fingerprint density at radius 3 is 2.22 bits per heavy atom. The largest absolute Gasteiger partial charge is 0.417 e. The molecule has 6 heteroatoms. The summed E-state index contributed by atoms with van der Waals surface area (Å²) in [5.74, 6) is -0.722. The van der Waals surface area contributed by atoms with E-state index >= 15 is 0 Å². The molecule has 2 aromatic rings. The zero-order valence-corrected chi connectivity index (χ0v) is 15.1. The van der Waals surface area contributed by atoms with Crippen molar-refractivity contribution in [2.45, 2.75) is 38.5 Å². The van der Waals surface area contributed by atoms with Crippen LogP contribution < -0.4 is 5.32 Å². The number of carbonyl (C=O) groups excluding carboxylic acids is 1. The van der Waals surface area contributed by atoms with Gasteiger partial charge < -0.3 is 5.32 Å². The maximum atomic E-state index is 13.0. The third-order valence-corrected chi connectivity index (χ3v) is 4.81. The van der Waals surface area contributed by atoms with Gasteiger partial charge in [-0.2, -0.15) is 13.2 Å². The highest BCUT2D eigenvalue weighted by Gasteiger charge is 2.34. The van der Waals surface area contributed by atoms with Crippen LogP contribution in [0.1, 0.15) is 46.3 Å². The fourth-order valence-corrected chi connectivity index (χ4v) is 3.34. The molecule has 1 saturated heterocycles. The van der Waals surface area contributed by atoms with E-state index in [1.54, 1.807) is 0 Å². The van der Waals surface area contributed by atoms with Crippen molar-refractivity contribution in [3.8, 4) is 0 Å². The third-order valence-electron chi connectivity index (χ3n) is 4.81. The van der Waals surface area contributed by atoms with E-state index in [0.29, 0.717) is 0 Å². The van der Waals surface area contributed by atoms with E-state index in [1.165, 1.54) is 43.0 Å². The van der Waals surface area contributed by atoms with E-state index in [2.05, 4.69) is 10.2 Å². The van der Waals surface area contributed by atoms with Crippen molar-refractivity contribution < 1.29 is 18.0 Å². The number of carbonyl (C=O) groups is 1. The average molecular weight is 376 g/mol. The molecule has 0 aliphatic carbocycles. The Morgan fingerprint density at radius 1 is 0.926 bits per heavy atom. The summed E-state index contributed by atoms with van der Waals surface area (Å²) in [6, 6.07) is 12.7. The highest BCUT2D eigenvalue weighted by atomic mass is 19.4. The lowest BCUT2D eigenvalue weighted by Crippen LogP contribution is -2.29. The molecule has 0 atom stereocenters. The minimum absolute atomic E-state index is 0.190. The standard InChI is InChI=1S/C21H23F3N2O/c22-21(23,24)19-7-3-2-6-18(19)20(27)25-14-16-8-10-17(11-9-16)15-26-12-4-1-5-13-26/h2-3,6-11H,1,4-5,12-15H2,(H,25,27). The molecule has 0 radical (unpaired) electrons. The quantitative estimate of drug-likeness (QED) is 0.826. The van der Waals surface area contributed by atoms with Crippen LogP contribution in [0.3, 0.4) is 0 Å². The molecule has 1 amide bonds. The fraction of sp³-hybridized carbons (Fsp3) is 0.381. The lowest BCUT2D eigenvalue weighted by molar-refractivity contribution is -0.137. The Kier molecular flexibility index (Phi) is 6.16. The van der Waals surface area contributed by atoms with Gasteiger partial charge in [-0.05, 0) is 49.2 Å². The van der Waals surface area contributed by atoms with Crippen molar-refractivity contribution in [2.75, 3.05) is 13.1 Å². The van der Waals surface area contributed by atoms with Gasteiger partial charge in [0.1, 0.15) is 0 Å². The predicted octanol–water partition coefficient (Wildman–Crippen LogP) is 4.62. The highest BCUT2D eigenvalue weighted by molar-refractivity contribution is 5.95. The van der Waals surface area contributed by atoms with Gasteiger partial charge in [0.15, 0.2) is 0 Å². The number of halogens is 3. The van der Waals surface area contributed by atoms with Crippen LogP contribution in [0.25, 0.3) is 0 Å². The molecule has 144 valence electrons. The van der Waals surface area contributed by atoms with Crippen molar-refractivity contribution in [3.63, 3.8) is 0 Å². The van der Waals surface area contributed by atoms with E-state index in [0.717, 1.165) is 31.3 Å². The summed E-state index contributed by atoms with van der Waals surface area (Å²) in [4.78, 5) is 14.6. The SMILES string of the molecule is O=C(NCc1ccc(CN2CCCCC2)cc1)c1ccccc1C(F)(F)F. The molecule has 0 aromatic heterocycles. The van der Waals surface area contributed by atoms with Crippen LogP contribution in [0.5, 0.6) is 0 Å². The van der Waals surface area contributed by atoms with Crippen molar-refractivity contribution in [1.29, 1.82) is 0 Å². The Hall–Kier alpha value is -2.34. The van der Waals surface area contributed by atoms with Gasteiger partial charge in [-0.3, -0.25) is 9.69 Å². The normalized spacial score (nSPS) is 15.5. The van der Waals surface area contributed by atoms with E-state index < -0.39 is 17.6 Å². The van der Waals surface area contributed by atoms with Gasteiger partial charge in [-0.25, -0.2) is 0 Å². The second kappa shape index (κ2) is 8.57. The van der Waals surface area contributed by atoms with E-state index in [4.69, 9.17) is 0 Å². The molecule has 3 rings (SSSR count). The second-order valence-electron chi connectivity index (χ2n) is 6.88. The first-order chi connectivity index (χ1) is 12.9. The number of benzene rings is 2. The molecule has 1 aliphatic rings. The summed E-state index contributed by atoms with van der Waals surface area (Å²) in [6.07, 6.45) is -0.774. The summed E-state index contributed by atoms with van der Waals surface area (Å²) in [5, 5.41) is 2.58. The van der Waals surface area contributed by atoms with E-state index in [-0.39, 0.29) is 12.1 Å². The van der Waals surface area contributed by atoms with Crippen LogP contribution in [0.2, 0.25) is 0 Å². The zero-order valence-electron chi connectivity index (χ0n) is 15.1.